The first-order valence-electron chi connectivity index (χ1n) is 8.52. The highest BCUT2D eigenvalue weighted by Crippen LogP contribution is 2.05. The SMILES string of the molecule is CC(C)CC(NC(=O)C(C)NC(=O)C(C)NC(=O)C(N)CC(N)=O)C(=O)O. The van der Waals surface area contributed by atoms with Crippen LogP contribution in [0.3, 0.4) is 0 Å². The van der Waals surface area contributed by atoms with E-state index in [9.17, 15) is 24.0 Å². The monoisotopic (exact) mass is 387 g/mol. The van der Waals surface area contributed by atoms with Crippen LogP contribution in [0.4, 0.5) is 0 Å². The van der Waals surface area contributed by atoms with Gasteiger partial charge in [-0.25, -0.2) is 4.79 Å². The number of aliphatic carboxylic acids is 1. The van der Waals surface area contributed by atoms with Gasteiger partial charge in [0.15, 0.2) is 0 Å². The van der Waals surface area contributed by atoms with Gasteiger partial charge in [-0.1, -0.05) is 13.8 Å². The highest BCUT2D eigenvalue weighted by atomic mass is 16.4. The molecule has 4 amide bonds. The first-order valence-corrected chi connectivity index (χ1v) is 8.52. The average Bonchev–Trinajstić information content (AvgIpc) is 2.52. The zero-order chi connectivity index (χ0) is 21.3. The molecule has 0 bridgehead atoms. The number of carboxylic acids is 1. The number of carbonyl (C=O) groups is 5. The van der Waals surface area contributed by atoms with E-state index < -0.39 is 53.8 Å². The van der Waals surface area contributed by atoms with Crippen LogP contribution < -0.4 is 27.4 Å². The Labute approximate surface area is 157 Å². The number of amides is 4. The van der Waals surface area contributed by atoms with Gasteiger partial charge in [-0.2, -0.15) is 0 Å². The average molecular weight is 387 g/mol. The lowest BCUT2D eigenvalue weighted by Gasteiger charge is -2.22. The summed E-state index contributed by atoms with van der Waals surface area (Å²) in [5.41, 5.74) is 10.4. The first-order chi connectivity index (χ1) is 12.3. The van der Waals surface area contributed by atoms with Gasteiger partial charge >= 0.3 is 5.97 Å². The number of hydrogen-bond acceptors (Lipinski definition) is 6. The van der Waals surface area contributed by atoms with Crippen LogP contribution in [0.2, 0.25) is 0 Å². The van der Waals surface area contributed by atoms with E-state index in [2.05, 4.69) is 16.0 Å². The van der Waals surface area contributed by atoms with Gasteiger partial charge in [0, 0.05) is 0 Å². The Morgan fingerprint density at radius 1 is 0.852 bits per heavy atom. The molecule has 0 saturated heterocycles. The molecule has 4 unspecified atom stereocenters. The minimum absolute atomic E-state index is 0.0520. The summed E-state index contributed by atoms with van der Waals surface area (Å²) < 4.78 is 0. The van der Waals surface area contributed by atoms with Crippen molar-refractivity contribution in [2.24, 2.45) is 17.4 Å². The summed E-state index contributed by atoms with van der Waals surface area (Å²) in [5, 5.41) is 16.2. The standard InChI is InChI=1S/C16H29N5O6/c1-7(2)5-11(16(26)27)21-14(24)9(4)19-13(23)8(3)20-15(25)10(17)6-12(18)22/h7-11H,5-6,17H2,1-4H3,(H2,18,22)(H,19,23)(H,20,25)(H,21,24)(H,26,27). The number of carboxylic acid groups (broad SMARTS) is 1. The molecule has 0 aromatic rings. The Balaban J connectivity index is 4.65. The summed E-state index contributed by atoms with van der Waals surface area (Å²) in [6.07, 6.45) is -0.128. The number of hydrogen-bond donors (Lipinski definition) is 6. The maximum Gasteiger partial charge on any atom is 0.326 e. The summed E-state index contributed by atoms with van der Waals surface area (Å²) in [7, 11) is 0. The van der Waals surface area contributed by atoms with Crippen molar-refractivity contribution in [1.82, 2.24) is 16.0 Å². The zero-order valence-electron chi connectivity index (χ0n) is 15.9. The Kier molecular flexibility index (Phi) is 10.0. The van der Waals surface area contributed by atoms with E-state index in [0.717, 1.165) is 0 Å². The number of carbonyl (C=O) groups excluding carboxylic acids is 4. The van der Waals surface area contributed by atoms with Gasteiger partial charge in [0.25, 0.3) is 0 Å². The number of nitrogens with one attached hydrogen (secondary N) is 3. The van der Waals surface area contributed by atoms with E-state index in [0.29, 0.717) is 0 Å². The summed E-state index contributed by atoms with van der Waals surface area (Å²) in [5.74, 6) is -3.95. The third kappa shape index (κ3) is 9.54. The number of primary amides is 1. The van der Waals surface area contributed by atoms with Gasteiger partial charge in [0.2, 0.25) is 23.6 Å². The molecular weight excluding hydrogens is 358 g/mol. The van der Waals surface area contributed by atoms with Crippen molar-refractivity contribution in [2.45, 2.75) is 64.7 Å². The lowest BCUT2D eigenvalue weighted by Crippen LogP contribution is -2.55. The highest BCUT2D eigenvalue weighted by molar-refractivity contribution is 5.94. The van der Waals surface area contributed by atoms with Crippen molar-refractivity contribution in [3.8, 4) is 0 Å². The lowest BCUT2D eigenvalue weighted by molar-refractivity contribution is -0.142. The molecule has 0 radical (unpaired) electrons. The Bertz CT molecular complexity index is 580. The fourth-order valence-corrected chi connectivity index (χ4v) is 2.09. The van der Waals surface area contributed by atoms with E-state index in [1.165, 1.54) is 13.8 Å². The molecule has 8 N–H and O–H groups in total. The topological polar surface area (TPSA) is 194 Å². The predicted molar refractivity (Wildman–Crippen MR) is 96.0 cm³/mol. The number of rotatable bonds is 11. The second-order valence-electron chi connectivity index (χ2n) is 6.77. The molecule has 0 spiro atoms. The molecule has 0 aliphatic carbocycles. The van der Waals surface area contributed by atoms with Gasteiger partial charge in [-0.15, -0.1) is 0 Å². The van der Waals surface area contributed by atoms with E-state index in [1.807, 2.05) is 13.8 Å². The molecule has 0 aliphatic rings. The van der Waals surface area contributed by atoms with Crippen LogP contribution in [0, 0.1) is 5.92 Å². The molecule has 4 atom stereocenters. The molecule has 27 heavy (non-hydrogen) atoms. The molecule has 0 aliphatic heterocycles. The van der Waals surface area contributed by atoms with Gasteiger partial charge in [-0.3, -0.25) is 19.2 Å². The molecule has 0 aromatic carbocycles. The van der Waals surface area contributed by atoms with Gasteiger partial charge < -0.3 is 32.5 Å². The maximum atomic E-state index is 12.1. The van der Waals surface area contributed by atoms with E-state index >= 15 is 0 Å². The van der Waals surface area contributed by atoms with E-state index in [4.69, 9.17) is 16.6 Å². The predicted octanol–water partition coefficient (Wildman–Crippen LogP) is -2.19. The van der Waals surface area contributed by atoms with Crippen molar-refractivity contribution in [1.29, 1.82) is 0 Å². The Hall–Kier alpha value is -2.69. The summed E-state index contributed by atoms with van der Waals surface area (Å²) in [4.78, 5) is 57.9. The van der Waals surface area contributed by atoms with Crippen LogP contribution in [-0.2, 0) is 24.0 Å². The molecule has 0 saturated carbocycles. The van der Waals surface area contributed by atoms with Gasteiger partial charge in [0.1, 0.15) is 18.1 Å². The smallest absolute Gasteiger partial charge is 0.326 e. The van der Waals surface area contributed by atoms with Crippen LogP contribution >= 0.6 is 0 Å². The van der Waals surface area contributed by atoms with Crippen LogP contribution in [0.15, 0.2) is 0 Å². The first kappa shape index (κ1) is 24.3. The van der Waals surface area contributed by atoms with Gasteiger partial charge in [-0.05, 0) is 26.2 Å². The largest absolute Gasteiger partial charge is 0.480 e. The van der Waals surface area contributed by atoms with Crippen molar-refractivity contribution < 1.29 is 29.1 Å². The van der Waals surface area contributed by atoms with Crippen LogP contribution in [0.25, 0.3) is 0 Å². The molecular formula is C16H29N5O6. The Morgan fingerprint density at radius 3 is 1.70 bits per heavy atom. The molecule has 0 aromatic heterocycles. The molecule has 0 heterocycles. The van der Waals surface area contributed by atoms with E-state index in [1.54, 1.807) is 0 Å². The quantitative estimate of drug-likeness (QED) is 0.232. The molecule has 11 nitrogen and oxygen atoms in total. The highest BCUT2D eigenvalue weighted by Gasteiger charge is 2.27. The normalized spacial score (nSPS) is 15.2. The zero-order valence-corrected chi connectivity index (χ0v) is 15.9. The second-order valence-corrected chi connectivity index (χ2v) is 6.77. The fraction of sp³-hybridized carbons (Fsp3) is 0.688. The summed E-state index contributed by atoms with van der Waals surface area (Å²) >= 11 is 0. The molecule has 154 valence electrons. The third-order valence-electron chi connectivity index (χ3n) is 3.58. The fourth-order valence-electron chi connectivity index (χ4n) is 2.09. The van der Waals surface area contributed by atoms with E-state index in [-0.39, 0.29) is 18.8 Å². The molecule has 0 rings (SSSR count). The van der Waals surface area contributed by atoms with Crippen LogP contribution in [-0.4, -0.2) is 58.9 Å². The van der Waals surface area contributed by atoms with Crippen molar-refractivity contribution in [2.75, 3.05) is 0 Å². The summed E-state index contributed by atoms with van der Waals surface area (Å²) in [6.45, 7) is 6.39. The Morgan fingerprint density at radius 2 is 1.30 bits per heavy atom. The van der Waals surface area contributed by atoms with Crippen molar-refractivity contribution in [3.05, 3.63) is 0 Å². The second kappa shape index (κ2) is 11.1. The number of nitrogens with two attached hydrogens (primary N) is 2. The maximum absolute atomic E-state index is 12.1. The minimum Gasteiger partial charge on any atom is -0.480 e. The van der Waals surface area contributed by atoms with Crippen molar-refractivity contribution >= 4 is 29.6 Å². The summed E-state index contributed by atoms with van der Waals surface area (Å²) in [6, 6.07) is -4.31. The molecule has 0 fully saturated rings. The van der Waals surface area contributed by atoms with Crippen molar-refractivity contribution in [3.63, 3.8) is 0 Å². The molecule has 11 heteroatoms. The minimum atomic E-state index is -1.19. The lowest BCUT2D eigenvalue weighted by atomic mass is 10.0. The third-order valence-corrected chi connectivity index (χ3v) is 3.58. The van der Waals surface area contributed by atoms with Gasteiger partial charge in [0.05, 0.1) is 12.5 Å². The van der Waals surface area contributed by atoms with Crippen LogP contribution in [0.5, 0.6) is 0 Å². The van der Waals surface area contributed by atoms with Crippen LogP contribution in [0.1, 0.15) is 40.5 Å².